The van der Waals surface area contributed by atoms with E-state index in [9.17, 15) is 5.26 Å². The van der Waals surface area contributed by atoms with E-state index in [1.807, 2.05) is 34.9 Å². The van der Waals surface area contributed by atoms with Crippen LogP contribution >= 0.6 is 0 Å². The number of methoxy groups -OCH3 is 2. The van der Waals surface area contributed by atoms with Gasteiger partial charge in [0.25, 0.3) is 0 Å². The van der Waals surface area contributed by atoms with Crippen molar-refractivity contribution in [1.82, 2.24) is 24.5 Å². The number of rotatable bonds is 9. The molecule has 4 rings (SSSR count). The Morgan fingerprint density at radius 1 is 1.15 bits per heavy atom. The molecule has 0 spiro atoms. The molecule has 3 heterocycles. The Morgan fingerprint density at radius 2 is 2.03 bits per heavy atom. The fraction of sp³-hybridized carbons (Fsp3) is 0.261. The van der Waals surface area contributed by atoms with Crippen molar-refractivity contribution in [2.75, 3.05) is 26.1 Å². The number of aliphatic hydroxyl groups is 1. The van der Waals surface area contributed by atoms with Gasteiger partial charge in [0.1, 0.15) is 11.8 Å². The van der Waals surface area contributed by atoms with E-state index in [0.29, 0.717) is 48.1 Å². The molecule has 168 valence electrons. The first-order valence-electron chi connectivity index (χ1n) is 10.3. The Bertz CT molecular complexity index is 1310. The van der Waals surface area contributed by atoms with Gasteiger partial charge in [0.15, 0.2) is 17.0 Å². The van der Waals surface area contributed by atoms with Gasteiger partial charge in [-0.15, -0.1) is 0 Å². The minimum atomic E-state index is 0.0542. The summed E-state index contributed by atoms with van der Waals surface area (Å²) in [6, 6.07) is 11.7. The fourth-order valence-corrected chi connectivity index (χ4v) is 3.47. The molecule has 0 atom stereocenters. The van der Waals surface area contributed by atoms with E-state index in [1.165, 1.54) is 0 Å². The number of pyridine rings is 1. The highest BCUT2D eigenvalue weighted by atomic mass is 16.5. The zero-order valence-electron chi connectivity index (χ0n) is 18.3. The van der Waals surface area contributed by atoms with Crippen LogP contribution < -0.4 is 14.8 Å². The Labute approximate surface area is 190 Å². The molecule has 1 aromatic carbocycles. The number of hydrogen-bond acceptors (Lipinski definition) is 9. The summed E-state index contributed by atoms with van der Waals surface area (Å²) in [6.07, 6.45) is 3.93. The standard InChI is InChI=1S/C23H23N7O3/c1-32-18-10-20(33-2)25-13-17(18)16-6-3-5-15(9-16)12-26-22-21-23(29-19(11-24)28-22)30(14-27-21)7-4-8-31/h3,5-6,9-10,13-14,31H,4,7-8,12H2,1-2H3,(H,26,28,29). The van der Waals surface area contributed by atoms with E-state index in [0.717, 1.165) is 16.7 Å². The maximum Gasteiger partial charge on any atom is 0.236 e. The third kappa shape index (κ3) is 4.68. The number of ether oxygens (including phenoxy) is 2. The van der Waals surface area contributed by atoms with Crippen LogP contribution in [0, 0.1) is 11.3 Å². The molecule has 0 aliphatic rings. The van der Waals surface area contributed by atoms with Gasteiger partial charge in [0.2, 0.25) is 11.7 Å². The van der Waals surface area contributed by atoms with Crippen LogP contribution in [0.25, 0.3) is 22.3 Å². The molecule has 0 bridgehead atoms. The number of benzene rings is 1. The van der Waals surface area contributed by atoms with Crippen LogP contribution in [-0.2, 0) is 13.1 Å². The van der Waals surface area contributed by atoms with Gasteiger partial charge < -0.3 is 24.5 Å². The van der Waals surface area contributed by atoms with Gasteiger partial charge >= 0.3 is 0 Å². The summed E-state index contributed by atoms with van der Waals surface area (Å²) in [5, 5.41) is 21.8. The average molecular weight is 445 g/mol. The first-order chi connectivity index (χ1) is 16.2. The highest BCUT2D eigenvalue weighted by Gasteiger charge is 2.14. The van der Waals surface area contributed by atoms with Gasteiger partial charge in [-0.3, -0.25) is 0 Å². The molecule has 0 unspecified atom stereocenters. The molecule has 0 aliphatic heterocycles. The lowest BCUT2D eigenvalue weighted by atomic mass is 10.0. The van der Waals surface area contributed by atoms with E-state index in [2.05, 4.69) is 25.3 Å². The summed E-state index contributed by atoms with van der Waals surface area (Å²) in [7, 11) is 3.17. The van der Waals surface area contributed by atoms with Gasteiger partial charge in [-0.2, -0.15) is 15.2 Å². The molecule has 4 aromatic rings. The first-order valence-corrected chi connectivity index (χ1v) is 10.3. The Hall–Kier alpha value is -4.23. The summed E-state index contributed by atoms with van der Waals surface area (Å²) < 4.78 is 12.5. The second-order valence-electron chi connectivity index (χ2n) is 7.18. The third-order valence-electron chi connectivity index (χ3n) is 5.09. The lowest BCUT2D eigenvalue weighted by molar-refractivity contribution is 0.280. The SMILES string of the molecule is COc1cc(OC)c(-c2cccc(CNc3nc(C#N)nc4c3ncn4CCCO)c2)cn1. The molecule has 0 saturated carbocycles. The van der Waals surface area contributed by atoms with E-state index >= 15 is 0 Å². The summed E-state index contributed by atoms with van der Waals surface area (Å²) >= 11 is 0. The minimum absolute atomic E-state index is 0.0542. The van der Waals surface area contributed by atoms with Gasteiger partial charge in [-0.1, -0.05) is 18.2 Å². The van der Waals surface area contributed by atoms with Crippen molar-refractivity contribution < 1.29 is 14.6 Å². The highest BCUT2D eigenvalue weighted by molar-refractivity contribution is 5.83. The van der Waals surface area contributed by atoms with Crippen molar-refractivity contribution in [3.05, 3.63) is 54.2 Å². The van der Waals surface area contributed by atoms with Crippen molar-refractivity contribution >= 4 is 17.0 Å². The summed E-state index contributed by atoms with van der Waals surface area (Å²) in [6.45, 7) is 1.07. The van der Waals surface area contributed by atoms with Crippen molar-refractivity contribution in [2.45, 2.75) is 19.5 Å². The van der Waals surface area contributed by atoms with Crippen LogP contribution in [0.4, 0.5) is 5.82 Å². The van der Waals surface area contributed by atoms with Crippen LogP contribution in [0.15, 0.2) is 42.9 Å². The third-order valence-corrected chi connectivity index (χ3v) is 5.09. The van der Waals surface area contributed by atoms with Gasteiger partial charge in [0, 0.05) is 37.5 Å². The molecule has 0 radical (unpaired) electrons. The molecule has 10 heteroatoms. The molecule has 10 nitrogen and oxygen atoms in total. The lowest BCUT2D eigenvalue weighted by Crippen LogP contribution is -2.06. The van der Waals surface area contributed by atoms with Gasteiger partial charge in [-0.05, 0) is 23.6 Å². The molecular weight excluding hydrogens is 422 g/mol. The van der Waals surface area contributed by atoms with Crippen molar-refractivity contribution in [3.63, 3.8) is 0 Å². The lowest BCUT2D eigenvalue weighted by Gasteiger charge is -2.12. The van der Waals surface area contributed by atoms with E-state index in [4.69, 9.17) is 14.6 Å². The number of aryl methyl sites for hydroxylation is 1. The Morgan fingerprint density at radius 3 is 2.79 bits per heavy atom. The van der Waals surface area contributed by atoms with Crippen molar-refractivity contribution in [1.29, 1.82) is 5.26 Å². The van der Waals surface area contributed by atoms with Crippen LogP contribution in [0.2, 0.25) is 0 Å². The van der Waals surface area contributed by atoms with E-state index in [-0.39, 0.29) is 12.4 Å². The predicted molar refractivity (Wildman–Crippen MR) is 122 cm³/mol. The molecule has 0 amide bonds. The highest BCUT2D eigenvalue weighted by Crippen LogP contribution is 2.32. The molecule has 0 fully saturated rings. The quantitative estimate of drug-likeness (QED) is 0.399. The van der Waals surface area contributed by atoms with Crippen LogP contribution in [0.5, 0.6) is 11.6 Å². The van der Waals surface area contributed by atoms with Crippen LogP contribution in [0.1, 0.15) is 17.8 Å². The fourth-order valence-electron chi connectivity index (χ4n) is 3.47. The number of hydrogen-bond donors (Lipinski definition) is 2. The zero-order valence-corrected chi connectivity index (χ0v) is 18.3. The second-order valence-corrected chi connectivity index (χ2v) is 7.18. The number of nitrogens with zero attached hydrogens (tertiary/aromatic N) is 6. The van der Waals surface area contributed by atoms with Crippen LogP contribution in [0.3, 0.4) is 0 Å². The largest absolute Gasteiger partial charge is 0.496 e. The Balaban J connectivity index is 1.61. The predicted octanol–water partition coefficient (Wildman–Crippen LogP) is 2.77. The number of nitrogens with one attached hydrogen (secondary N) is 1. The minimum Gasteiger partial charge on any atom is -0.496 e. The average Bonchev–Trinajstić information content (AvgIpc) is 3.28. The first kappa shape index (κ1) is 22.0. The molecule has 3 aromatic heterocycles. The number of imidazole rings is 1. The number of fused-ring (bicyclic) bond motifs is 1. The van der Waals surface area contributed by atoms with Crippen molar-refractivity contribution in [3.8, 4) is 28.8 Å². The molecule has 33 heavy (non-hydrogen) atoms. The monoisotopic (exact) mass is 445 g/mol. The summed E-state index contributed by atoms with van der Waals surface area (Å²) in [5.74, 6) is 1.68. The van der Waals surface area contributed by atoms with E-state index in [1.54, 1.807) is 32.8 Å². The molecule has 0 saturated heterocycles. The van der Waals surface area contributed by atoms with E-state index < -0.39 is 0 Å². The van der Waals surface area contributed by atoms with Gasteiger partial charge in [-0.25, -0.2) is 9.97 Å². The van der Waals surface area contributed by atoms with Gasteiger partial charge in [0.05, 0.1) is 20.5 Å². The maximum atomic E-state index is 9.36. The number of anilines is 1. The second kappa shape index (κ2) is 9.93. The molecular formula is C23H23N7O3. The summed E-state index contributed by atoms with van der Waals surface area (Å²) in [5.41, 5.74) is 3.92. The van der Waals surface area contributed by atoms with Crippen LogP contribution in [-0.4, -0.2) is 50.4 Å². The molecule has 0 aliphatic carbocycles. The number of nitriles is 1. The maximum absolute atomic E-state index is 9.36. The normalized spacial score (nSPS) is 10.7. The molecule has 2 N–H and O–H groups in total. The number of aliphatic hydroxyl groups excluding tert-OH is 1. The topological polar surface area (TPSA) is 131 Å². The zero-order chi connectivity index (χ0) is 23.2. The smallest absolute Gasteiger partial charge is 0.236 e. The summed E-state index contributed by atoms with van der Waals surface area (Å²) in [4.78, 5) is 17.3. The van der Waals surface area contributed by atoms with Crippen molar-refractivity contribution in [2.24, 2.45) is 0 Å². The number of aromatic nitrogens is 5. The Kier molecular flexibility index (Phi) is 6.61.